The molecule has 3 aromatic rings. The van der Waals surface area contributed by atoms with Crippen molar-refractivity contribution in [2.24, 2.45) is 0 Å². The number of esters is 1. The smallest absolute Gasteiger partial charge is 0.348 e. The number of nitrogens with zero attached hydrogens (tertiary/aromatic N) is 3. The molecule has 0 saturated carbocycles. The Bertz CT molecular complexity index is 1060. The van der Waals surface area contributed by atoms with Crippen LogP contribution in [0.5, 0.6) is 5.75 Å². The first-order valence-electron chi connectivity index (χ1n) is 10.7. The number of ether oxygens (including phenoxy) is 2. The molecular weight excluding hydrogens is 412 g/mol. The Labute approximate surface area is 186 Å². The van der Waals surface area contributed by atoms with Crippen molar-refractivity contribution in [2.45, 2.75) is 39.7 Å². The lowest BCUT2D eigenvalue weighted by Gasteiger charge is -2.25. The number of aryl methyl sites for hydroxylation is 1. The van der Waals surface area contributed by atoms with E-state index in [1.165, 1.54) is 30.6 Å². The topological polar surface area (TPSA) is 76.6 Å². The maximum absolute atomic E-state index is 12.5. The van der Waals surface area contributed by atoms with E-state index >= 15 is 0 Å². The molecule has 0 amide bonds. The molecule has 1 saturated heterocycles. The summed E-state index contributed by atoms with van der Waals surface area (Å²) in [6.07, 6.45) is 3.71. The summed E-state index contributed by atoms with van der Waals surface area (Å²) in [4.78, 5) is 26.0. The van der Waals surface area contributed by atoms with Crippen LogP contribution in [0.1, 0.15) is 47.2 Å². The molecule has 1 aliphatic heterocycles. The first-order chi connectivity index (χ1) is 15.1. The Kier molecular flexibility index (Phi) is 6.67. The number of rotatable bonds is 7. The summed E-state index contributed by atoms with van der Waals surface area (Å²) < 4.78 is 10.5. The fraction of sp³-hybridized carbons (Fsp3) is 0.435. The number of anilines is 2. The lowest BCUT2D eigenvalue weighted by atomic mass is 10.1. The molecular formula is C23H28N4O3S. The van der Waals surface area contributed by atoms with Crippen LogP contribution >= 0.6 is 11.3 Å². The second-order valence-corrected chi connectivity index (χ2v) is 8.63. The number of aromatic nitrogens is 2. The van der Waals surface area contributed by atoms with Crippen molar-refractivity contribution < 1.29 is 14.3 Å². The number of carbonyl (C=O) groups excluding carboxylic acids is 1. The van der Waals surface area contributed by atoms with E-state index in [0.717, 1.165) is 46.1 Å². The third-order valence-electron chi connectivity index (χ3n) is 5.46. The van der Waals surface area contributed by atoms with Gasteiger partial charge in [-0.1, -0.05) is 6.42 Å². The maximum Gasteiger partial charge on any atom is 0.348 e. The van der Waals surface area contributed by atoms with E-state index in [1.54, 1.807) is 7.11 Å². The molecule has 1 fully saturated rings. The third kappa shape index (κ3) is 4.80. The van der Waals surface area contributed by atoms with Gasteiger partial charge in [-0.3, -0.25) is 4.90 Å². The number of piperidine rings is 1. The number of fused-ring (bicyclic) bond motifs is 1. The fourth-order valence-corrected chi connectivity index (χ4v) is 4.96. The van der Waals surface area contributed by atoms with E-state index in [1.807, 2.05) is 38.1 Å². The van der Waals surface area contributed by atoms with E-state index in [4.69, 9.17) is 19.4 Å². The van der Waals surface area contributed by atoms with Crippen LogP contribution < -0.4 is 10.1 Å². The second-order valence-electron chi connectivity index (χ2n) is 7.64. The van der Waals surface area contributed by atoms with Crippen LogP contribution in [-0.2, 0) is 11.3 Å². The number of benzene rings is 1. The SMILES string of the molecule is CCOC(=O)c1sc2nc(CN3CCCCC3)nc(Nc3ccc(OC)cc3)c2c1C. The van der Waals surface area contributed by atoms with Crippen molar-refractivity contribution in [3.05, 3.63) is 40.5 Å². The van der Waals surface area contributed by atoms with Crippen molar-refractivity contribution in [1.29, 1.82) is 0 Å². The summed E-state index contributed by atoms with van der Waals surface area (Å²) in [6, 6.07) is 7.70. The number of nitrogens with one attached hydrogen (secondary N) is 1. The predicted octanol–water partition coefficient (Wildman–Crippen LogP) is 4.91. The van der Waals surface area contributed by atoms with Gasteiger partial charge in [0.25, 0.3) is 0 Å². The van der Waals surface area contributed by atoms with E-state index in [-0.39, 0.29) is 5.97 Å². The lowest BCUT2D eigenvalue weighted by Crippen LogP contribution is -2.29. The normalized spacial score (nSPS) is 14.5. The molecule has 7 nitrogen and oxygen atoms in total. The van der Waals surface area contributed by atoms with Gasteiger partial charge in [-0.05, 0) is 69.6 Å². The number of hydrogen-bond acceptors (Lipinski definition) is 8. The molecule has 8 heteroatoms. The monoisotopic (exact) mass is 440 g/mol. The zero-order valence-corrected chi connectivity index (χ0v) is 19.1. The van der Waals surface area contributed by atoms with Crippen molar-refractivity contribution >= 4 is 39.0 Å². The summed E-state index contributed by atoms with van der Waals surface area (Å²) >= 11 is 1.37. The van der Waals surface area contributed by atoms with Gasteiger partial charge in [-0.25, -0.2) is 14.8 Å². The molecule has 1 N–H and O–H groups in total. The highest BCUT2D eigenvalue weighted by Crippen LogP contribution is 2.36. The van der Waals surface area contributed by atoms with Crippen LogP contribution in [0.2, 0.25) is 0 Å². The highest BCUT2D eigenvalue weighted by Gasteiger charge is 2.22. The minimum Gasteiger partial charge on any atom is -0.497 e. The van der Waals surface area contributed by atoms with Gasteiger partial charge in [0.05, 0.1) is 25.6 Å². The molecule has 0 atom stereocenters. The number of hydrogen-bond donors (Lipinski definition) is 1. The van der Waals surface area contributed by atoms with Gasteiger partial charge < -0.3 is 14.8 Å². The van der Waals surface area contributed by atoms with Crippen molar-refractivity contribution in [1.82, 2.24) is 14.9 Å². The highest BCUT2D eigenvalue weighted by atomic mass is 32.1. The Morgan fingerprint density at radius 2 is 1.90 bits per heavy atom. The molecule has 31 heavy (non-hydrogen) atoms. The molecule has 4 rings (SSSR count). The van der Waals surface area contributed by atoms with E-state index in [0.29, 0.717) is 23.8 Å². The van der Waals surface area contributed by atoms with Gasteiger partial charge in [0.2, 0.25) is 0 Å². The van der Waals surface area contributed by atoms with Crippen LogP contribution in [-0.4, -0.2) is 47.6 Å². The minimum atomic E-state index is -0.309. The second kappa shape index (κ2) is 9.62. The van der Waals surface area contributed by atoms with Crippen LogP contribution in [0.15, 0.2) is 24.3 Å². The first kappa shape index (κ1) is 21.5. The standard InChI is InChI=1S/C23H28N4O3S/c1-4-30-23(28)20-15(2)19-21(24-16-8-10-17(29-3)11-9-16)25-18(26-22(19)31-20)14-27-12-6-5-7-13-27/h8-11H,4-7,12-14H2,1-3H3,(H,24,25,26). The maximum atomic E-state index is 12.5. The van der Waals surface area contributed by atoms with Crippen molar-refractivity contribution in [3.63, 3.8) is 0 Å². The third-order valence-corrected chi connectivity index (χ3v) is 6.63. The summed E-state index contributed by atoms with van der Waals surface area (Å²) in [5.74, 6) is 1.96. The van der Waals surface area contributed by atoms with Gasteiger partial charge in [0.1, 0.15) is 27.1 Å². The quantitative estimate of drug-likeness (QED) is 0.523. The summed E-state index contributed by atoms with van der Waals surface area (Å²) in [7, 11) is 1.65. The number of carbonyl (C=O) groups is 1. The molecule has 0 spiro atoms. The first-order valence-corrected chi connectivity index (χ1v) is 11.5. The Balaban J connectivity index is 1.74. The lowest BCUT2D eigenvalue weighted by molar-refractivity contribution is 0.0531. The predicted molar refractivity (Wildman–Crippen MR) is 124 cm³/mol. The molecule has 0 radical (unpaired) electrons. The van der Waals surface area contributed by atoms with Crippen LogP contribution in [0.25, 0.3) is 10.2 Å². The van der Waals surface area contributed by atoms with Crippen molar-refractivity contribution in [2.75, 3.05) is 32.1 Å². The summed E-state index contributed by atoms with van der Waals surface area (Å²) in [5, 5.41) is 4.30. The molecule has 0 aliphatic carbocycles. The van der Waals surface area contributed by atoms with Gasteiger partial charge in [-0.2, -0.15) is 0 Å². The van der Waals surface area contributed by atoms with E-state index in [2.05, 4.69) is 10.2 Å². The summed E-state index contributed by atoms with van der Waals surface area (Å²) in [5.41, 5.74) is 1.74. The van der Waals surface area contributed by atoms with Crippen molar-refractivity contribution in [3.8, 4) is 5.75 Å². The number of likely N-dealkylation sites (tertiary alicyclic amines) is 1. The zero-order valence-electron chi connectivity index (χ0n) is 18.2. The number of methoxy groups -OCH3 is 1. The largest absolute Gasteiger partial charge is 0.497 e. The Hall–Kier alpha value is -2.71. The average molecular weight is 441 g/mol. The molecule has 3 heterocycles. The van der Waals surface area contributed by atoms with Gasteiger partial charge >= 0.3 is 5.97 Å². The molecule has 0 unspecified atom stereocenters. The average Bonchev–Trinajstić information content (AvgIpc) is 3.12. The van der Waals surface area contributed by atoms with Gasteiger partial charge in [-0.15, -0.1) is 11.3 Å². The van der Waals surface area contributed by atoms with Crippen LogP contribution in [0.4, 0.5) is 11.5 Å². The highest BCUT2D eigenvalue weighted by molar-refractivity contribution is 7.20. The van der Waals surface area contributed by atoms with E-state index in [9.17, 15) is 4.79 Å². The zero-order chi connectivity index (χ0) is 21.8. The Morgan fingerprint density at radius 1 is 1.16 bits per heavy atom. The Morgan fingerprint density at radius 3 is 2.58 bits per heavy atom. The fourth-order valence-electron chi connectivity index (χ4n) is 3.86. The molecule has 1 aromatic carbocycles. The van der Waals surface area contributed by atoms with Crippen LogP contribution in [0.3, 0.4) is 0 Å². The molecule has 1 aliphatic rings. The molecule has 2 aromatic heterocycles. The van der Waals surface area contributed by atoms with Gasteiger partial charge in [0, 0.05) is 5.69 Å². The molecule has 164 valence electrons. The van der Waals surface area contributed by atoms with Gasteiger partial charge in [0.15, 0.2) is 0 Å². The van der Waals surface area contributed by atoms with Crippen LogP contribution in [0, 0.1) is 6.92 Å². The number of thiophene rings is 1. The summed E-state index contributed by atoms with van der Waals surface area (Å²) in [6.45, 7) is 6.93. The van der Waals surface area contributed by atoms with E-state index < -0.39 is 0 Å². The molecule has 0 bridgehead atoms. The minimum absolute atomic E-state index is 0.309.